The highest BCUT2D eigenvalue weighted by molar-refractivity contribution is 14.1. The lowest BCUT2D eigenvalue weighted by atomic mass is 9.96. The van der Waals surface area contributed by atoms with E-state index in [0.717, 1.165) is 9.13 Å². The van der Waals surface area contributed by atoms with E-state index >= 15 is 0 Å². The lowest BCUT2D eigenvalue weighted by molar-refractivity contribution is -0.120. The van der Waals surface area contributed by atoms with Gasteiger partial charge in [-0.25, -0.2) is 4.79 Å². The van der Waals surface area contributed by atoms with E-state index in [1.165, 1.54) is 0 Å². The van der Waals surface area contributed by atoms with Crippen LogP contribution in [-0.4, -0.2) is 25.9 Å². The molecule has 0 fully saturated rings. The van der Waals surface area contributed by atoms with Crippen LogP contribution < -0.4 is 14.8 Å². The third-order valence-electron chi connectivity index (χ3n) is 5.00. The summed E-state index contributed by atoms with van der Waals surface area (Å²) in [7, 11) is 3.28. The minimum atomic E-state index is -0.731. The molecule has 1 N–H and O–H groups in total. The third kappa shape index (κ3) is 4.34. The molecule has 162 valence electrons. The molecule has 4 rings (SSSR count). The van der Waals surface area contributed by atoms with Crippen molar-refractivity contribution in [1.82, 2.24) is 5.32 Å². The van der Waals surface area contributed by atoms with Gasteiger partial charge in [-0.2, -0.15) is 0 Å². The highest BCUT2D eigenvalue weighted by atomic mass is 127. The van der Waals surface area contributed by atoms with Gasteiger partial charge in [0.2, 0.25) is 5.78 Å². The van der Waals surface area contributed by atoms with Crippen LogP contribution in [0.15, 0.2) is 78.7 Å². The van der Waals surface area contributed by atoms with Crippen molar-refractivity contribution < 1.29 is 23.8 Å². The van der Waals surface area contributed by atoms with Crippen molar-refractivity contribution in [3.05, 3.63) is 98.9 Å². The molecule has 1 heterocycles. The highest BCUT2D eigenvalue weighted by Gasteiger charge is 2.36. The van der Waals surface area contributed by atoms with Crippen molar-refractivity contribution in [2.75, 3.05) is 14.2 Å². The summed E-state index contributed by atoms with van der Waals surface area (Å²) in [6.07, 6.45) is -0.731. The van der Waals surface area contributed by atoms with Gasteiger partial charge in [-0.1, -0.05) is 42.5 Å². The van der Waals surface area contributed by atoms with Crippen molar-refractivity contribution in [2.24, 2.45) is 0 Å². The molecule has 32 heavy (non-hydrogen) atoms. The van der Waals surface area contributed by atoms with Crippen molar-refractivity contribution in [2.45, 2.75) is 6.10 Å². The highest BCUT2D eigenvalue weighted by Crippen LogP contribution is 2.37. The molecule has 0 saturated heterocycles. The second-order valence-corrected chi connectivity index (χ2v) is 8.16. The number of hydrogen-bond acceptors (Lipinski definition) is 6. The number of halogens is 1. The summed E-state index contributed by atoms with van der Waals surface area (Å²) < 4.78 is 17.5. The summed E-state index contributed by atoms with van der Waals surface area (Å²) in [4.78, 5) is 26.0. The van der Waals surface area contributed by atoms with Crippen LogP contribution in [-0.2, 0) is 9.53 Å². The maximum atomic E-state index is 13.2. The van der Waals surface area contributed by atoms with Gasteiger partial charge in [0.15, 0.2) is 12.0 Å². The van der Waals surface area contributed by atoms with Gasteiger partial charge in [0.05, 0.1) is 21.8 Å². The molecule has 0 saturated carbocycles. The Morgan fingerprint density at radius 2 is 1.81 bits per heavy atom. The molecule has 1 aliphatic heterocycles. The van der Waals surface area contributed by atoms with E-state index in [-0.39, 0.29) is 5.78 Å². The maximum absolute atomic E-state index is 13.2. The zero-order valence-corrected chi connectivity index (χ0v) is 19.6. The second-order valence-electron chi connectivity index (χ2n) is 6.99. The van der Waals surface area contributed by atoms with Crippen LogP contribution in [0, 0.1) is 3.57 Å². The topological polar surface area (TPSA) is 73.9 Å². The van der Waals surface area contributed by atoms with E-state index in [4.69, 9.17) is 14.2 Å². The number of esters is 1. The summed E-state index contributed by atoms with van der Waals surface area (Å²) in [6, 6.07) is 21.2. The van der Waals surface area contributed by atoms with Crippen molar-refractivity contribution >= 4 is 39.9 Å². The van der Waals surface area contributed by atoms with E-state index in [2.05, 4.69) is 27.9 Å². The first-order valence-corrected chi connectivity index (χ1v) is 10.9. The van der Waals surface area contributed by atoms with Gasteiger partial charge in [0.1, 0.15) is 11.5 Å². The van der Waals surface area contributed by atoms with E-state index < -0.39 is 12.1 Å². The maximum Gasteiger partial charge on any atom is 0.343 e. The number of benzene rings is 3. The monoisotopic (exact) mass is 541 g/mol. The number of Topliss-reactive ketones (excluding diaryl/α,β-unsaturated/α-hetero) is 1. The van der Waals surface area contributed by atoms with Gasteiger partial charge in [-0.15, -0.1) is 0 Å². The molecular formula is C25H20INO5. The summed E-state index contributed by atoms with van der Waals surface area (Å²) in [5, 5.41) is 2.96. The molecule has 0 amide bonds. The Morgan fingerprint density at radius 3 is 2.50 bits per heavy atom. The Hall–Kier alpha value is -3.33. The van der Waals surface area contributed by atoms with Gasteiger partial charge in [0.25, 0.3) is 0 Å². The number of methoxy groups -OCH3 is 1. The van der Waals surface area contributed by atoms with E-state index in [1.54, 1.807) is 56.6 Å². The van der Waals surface area contributed by atoms with Crippen LogP contribution in [0.4, 0.5) is 0 Å². The number of carbonyl (C=O) groups excluding carboxylic acids is 2. The number of carbonyl (C=O) groups is 2. The van der Waals surface area contributed by atoms with Crippen LogP contribution >= 0.6 is 22.6 Å². The van der Waals surface area contributed by atoms with Crippen LogP contribution in [0.5, 0.6) is 11.5 Å². The lowest BCUT2D eigenvalue weighted by Gasteiger charge is -2.11. The predicted molar refractivity (Wildman–Crippen MR) is 128 cm³/mol. The summed E-state index contributed by atoms with van der Waals surface area (Å²) in [5.74, 6) is 0.789. The summed E-state index contributed by atoms with van der Waals surface area (Å²) in [5.41, 5.74) is 2.07. The minimum absolute atomic E-state index is 0.171. The Bertz CT molecular complexity index is 1210. The summed E-state index contributed by atoms with van der Waals surface area (Å²) in [6.45, 7) is 0. The molecule has 1 aliphatic rings. The molecule has 3 aromatic carbocycles. The van der Waals surface area contributed by atoms with Crippen LogP contribution in [0.2, 0.25) is 0 Å². The molecule has 1 unspecified atom stereocenters. The molecule has 0 spiro atoms. The number of ketones is 1. The van der Waals surface area contributed by atoms with Gasteiger partial charge >= 0.3 is 5.97 Å². The lowest BCUT2D eigenvalue weighted by Crippen LogP contribution is -2.11. The van der Waals surface area contributed by atoms with Crippen LogP contribution in [0.25, 0.3) is 5.57 Å². The quantitative estimate of drug-likeness (QED) is 0.276. The molecule has 1 atom stereocenters. The van der Waals surface area contributed by atoms with E-state index in [9.17, 15) is 9.59 Å². The largest absolute Gasteiger partial charge is 0.496 e. The van der Waals surface area contributed by atoms with E-state index in [1.807, 2.05) is 30.3 Å². The minimum Gasteiger partial charge on any atom is -0.496 e. The first-order chi connectivity index (χ1) is 15.5. The van der Waals surface area contributed by atoms with Crippen LogP contribution in [0.1, 0.15) is 27.6 Å². The Morgan fingerprint density at radius 1 is 1.03 bits per heavy atom. The average Bonchev–Trinajstić information content (AvgIpc) is 3.16. The molecule has 0 bridgehead atoms. The van der Waals surface area contributed by atoms with Crippen molar-refractivity contribution in [3.63, 3.8) is 0 Å². The first-order valence-electron chi connectivity index (χ1n) is 9.86. The molecule has 7 heteroatoms. The van der Waals surface area contributed by atoms with Gasteiger partial charge in [-0.3, -0.25) is 4.79 Å². The fourth-order valence-electron chi connectivity index (χ4n) is 3.46. The molecule has 0 radical (unpaired) electrons. The number of hydrogen-bond donors (Lipinski definition) is 1. The standard InChI is InChI=1S/C25H20INO5/c1-27-24-21(22(28)23(32-24)15-7-4-3-5-8-15)16-9-6-10-17(13-16)25(29)31-18-11-12-20(30-2)19(26)14-18/h3-14,23,27H,1-2H3. The average molecular weight is 541 g/mol. The summed E-state index contributed by atoms with van der Waals surface area (Å²) >= 11 is 2.11. The second kappa shape index (κ2) is 9.44. The number of ether oxygens (including phenoxy) is 3. The zero-order valence-electron chi connectivity index (χ0n) is 17.4. The molecule has 6 nitrogen and oxygen atoms in total. The van der Waals surface area contributed by atoms with Gasteiger partial charge < -0.3 is 19.5 Å². The molecule has 3 aromatic rings. The Balaban J connectivity index is 1.60. The molecule has 0 aliphatic carbocycles. The van der Waals surface area contributed by atoms with Crippen molar-refractivity contribution in [3.8, 4) is 11.5 Å². The zero-order chi connectivity index (χ0) is 22.7. The van der Waals surface area contributed by atoms with Gasteiger partial charge in [-0.05, 0) is 58.5 Å². The molecule has 0 aromatic heterocycles. The Labute approximate surface area is 199 Å². The Kier molecular flexibility index (Phi) is 6.45. The van der Waals surface area contributed by atoms with E-state index in [0.29, 0.717) is 34.1 Å². The number of rotatable bonds is 6. The normalized spacial score (nSPS) is 15.3. The smallest absolute Gasteiger partial charge is 0.343 e. The number of nitrogens with one attached hydrogen (secondary N) is 1. The first kappa shape index (κ1) is 21.9. The van der Waals surface area contributed by atoms with Crippen molar-refractivity contribution in [1.29, 1.82) is 0 Å². The fourth-order valence-corrected chi connectivity index (χ4v) is 4.16. The predicted octanol–water partition coefficient (Wildman–Crippen LogP) is 4.75. The fraction of sp³-hybridized carbons (Fsp3) is 0.120. The van der Waals surface area contributed by atoms with Gasteiger partial charge in [0, 0.05) is 12.6 Å². The SMILES string of the molecule is CNC1=C(c2cccc(C(=O)Oc3ccc(OC)c(I)c3)c2)C(=O)C(c2ccccc2)O1. The molecular weight excluding hydrogens is 521 g/mol. The van der Waals surface area contributed by atoms with Crippen LogP contribution in [0.3, 0.4) is 0 Å². The third-order valence-corrected chi connectivity index (χ3v) is 5.84.